The van der Waals surface area contributed by atoms with Gasteiger partial charge in [-0.3, -0.25) is 14.5 Å². The second-order valence-corrected chi connectivity index (χ2v) is 12.1. The SMILES string of the molecule is C=CC(=O)NCCOCCOCCOCC(=O)Nc1ccc2c([C@H]3CN(Cc4cccc5c4CCO5)C[C@@H]3N(C)C)cn(C)c2c1. The number of benzene rings is 2. The van der Waals surface area contributed by atoms with Crippen LogP contribution in [-0.4, -0.2) is 112 Å². The van der Waals surface area contributed by atoms with Gasteiger partial charge in [0.1, 0.15) is 12.4 Å². The molecule has 46 heavy (non-hydrogen) atoms. The lowest BCUT2D eigenvalue weighted by Gasteiger charge is -2.25. The van der Waals surface area contributed by atoms with Gasteiger partial charge in [-0.25, -0.2) is 0 Å². The smallest absolute Gasteiger partial charge is 0.250 e. The maximum absolute atomic E-state index is 12.6. The third kappa shape index (κ3) is 8.54. The summed E-state index contributed by atoms with van der Waals surface area (Å²) >= 11 is 0. The van der Waals surface area contributed by atoms with Crippen LogP contribution in [0, 0.1) is 0 Å². The molecule has 2 amide bonds. The molecule has 3 aromatic rings. The van der Waals surface area contributed by atoms with Gasteiger partial charge in [-0.15, -0.1) is 0 Å². The van der Waals surface area contributed by atoms with Gasteiger partial charge >= 0.3 is 0 Å². The van der Waals surface area contributed by atoms with Crippen molar-refractivity contribution in [2.45, 2.75) is 24.9 Å². The molecule has 1 fully saturated rings. The van der Waals surface area contributed by atoms with Crippen molar-refractivity contribution >= 4 is 28.4 Å². The van der Waals surface area contributed by atoms with Crippen molar-refractivity contribution in [1.29, 1.82) is 0 Å². The van der Waals surface area contributed by atoms with Crippen molar-refractivity contribution in [1.82, 2.24) is 19.7 Å². The molecule has 0 unspecified atom stereocenters. The lowest BCUT2D eigenvalue weighted by molar-refractivity contribution is -0.121. The number of likely N-dealkylation sites (N-methyl/N-ethyl adjacent to an activating group) is 1. The van der Waals surface area contributed by atoms with Gasteiger partial charge in [-0.05, 0) is 49.5 Å². The average molecular weight is 634 g/mol. The molecule has 5 rings (SSSR count). The van der Waals surface area contributed by atoms with Crippen molar-refractivity contribution in [2.75, 3.05) is 85.3 Å². The Hall–Kier alpha value is -3.74. The molecule has 3 heterocycles. The molecule has 11 nitrogen and oxygen atoms in total. The Morgan fingerprint density at radius 1 is 1.07 bits per heavy atom. The molecule has 248 valence electrons. The van der Waals surface area contributed by atoms with Crippen molar-refractivity contribution in [2.24, 2.45) is 7.05 Å². The van der Waals surface area contributed by atoms with Crippen LogP contribution in [0.15, 0.2) is 55.3 Å². The number of hydrogen-bond acceptors (Lipinski definition) is 8. The Labute approximate surface area is 271 Å². The molecule has 0 aliphatic carbocycles. The topological polar surface area (TPSA) is 107 Å². The fraction of sp³-hybridized carbons (Fsp3) is 0.486. The molecule has 0 radical (unpaired) electrons. The normalized spacial score (nSPS) is 17.7. The lowest BCUT2D eigenvalue weighted by atomic mass is 9.93. The van der Waals surface area contributed by atoms with Crippen LogP contribution >= 0.6 is 0 Å². The first-order valence-electron chi connectivity index (χ1n) is 16.0. The average Bonchev–Trinajstić information content (AvgIpc) is 3.77. The molecular formula is C35H47N5O6. The maximum atomic E-state index is 12.6. The summed E-state index contributed by atoms with van der Waals surface area (Å²) in [6.07, 6.45) is 4.46. The van der Waals surface area contributed by atoms with Crippen LogP contribution in [0.4, 0.5) is 5.69 Å². The Morgan fingerprint density at radius 3 is 2.63 bits per heavy atom. The van der Waals surface area contributed by atoms with E-state index in [1.807, 2.05) is 12.1 Å². The number of amides is 2. The van der Waals surface area contributed by atoms with Gasteiger partial charge in [0.15, 0.2) is 0 Å². The van der Waals surface area contributed by atoms with Crippen LogP contribution in [0.25, 0.3) is 10.9 Å². The summed E-state index contributed by atoms with van der Waals surface area (Å²) in [5, 5.41) is 6.81. The highest BCUT2D eigenvalue weighted by Crippen LogP contribution is 2.38. The second kappa shape index (κ2) is 16.2. The molecule has 0 saturated carbocycles. The van der Waals surface area contributed by atoms with Gasteiger partial charge in [0.2, 0.25) is 11.8 Å². The number of anilines is 1. The van der Waals surface area contributed by atoms with Crippen molar-refractivity contribution < 1.29 is 28.5 Å². The largest absolute Gasteiger partial charge is 0.493 e. The fourth-order valence-electron chi connectivity index (χ4n) is 6.42. The van der Waals surface area contributed by atoms with Gasteiger partial charge in [-0.1, -0.05) is 24.8 Å². The molecule has 2 aliphatic heterocycles. The van der Waals surface area contributed by atoms with Crippen LogP contribution in [0.1, 0.15) is 22.6 Å². The number of nitrogens with one attached hydrogen (secondary N) is 2. The highest BCUT2D eigenvalue weighted by atomic mass is 16.5. The number of carbonyl (C=O) groups is 2. The Kier molecular flexibility index (Phi) is 11.8. The van der Waals surface area contributed by atoms with E-state index in [-0.39, 0.29) is 18.4 Å². The first kappa shape index (κ1) is 33.6. The van der Waals surface area contributed by atoms with E-state index in [9.17, 15) is 9.59 Å². The van der Waals surface area contributed by atoms with Gasteiger partial charge in [-0.2, -0.15) is 0 Å². The van der Waals surface area contributed by atoms with Crippen LogP contribution < -0.4 is 15.4 Å². The van der Waals surface area contributed by atoms with Crippen LogP contribution in [-0.2, 0) is 43.8 Å². The van der Waals surface area contributed by atoms with E-state index in [0.717, 1.165) is 49.6 Å². The number of rotatable bonds is 17. The molecule has 2 N–H and O–H groups in total. The molecule has 2 atom stereocenters. The number of aromatic nitrogens is 1. The number of hydrogen-bond donors (Lipinski definition) is 2. The standard InChI is InChI=1S/C35H47N5O6/c1-5-34(41)36-12-14-43-15-16-44-17-18-45-24-35(42)37-26-9-10-28-29(21-39(4)31(28)19-26)30-22-40(23-32(30)38(2)3)20-25-7-6-8-33-27(25)11-13-46-33/h5-10,19,21,30,32H,1,11-18,20,22-24H2,2-4H3,(H,36,41)(H,37,42)/t30-,32+/m1/s1. The van der Waals surface area contributed by atoms with E-state index in [1.165, 1.54) is 28.2 Å². The minimum absolute atomic E-state index is 0.0571. The fourth-order valence-corrected chi connectivity index (χ4v) is 6.42. The maximum Gasteiger partial charge on any atom is 0.250 e. The summed E-state index contributed by atoms with van der Waals surface area (Å²) in [6.45, 7) is 9.31. The zero-order chi connectivity index (χ0) is 32.5. The van der Waals surface area contributed by atoms with E-state index < -0.39 is 0 Å². The van der Waals surface area contributed by atoms with Crippen molar-refractivity contribution in [3.05, 3.63) is 71.9 Å². The van der Waals surface area contributed by atoms with E-state index in [2.05, 4.69) is 83.2 Å². The summed E-state index contributed by atoms with van der Waals surface area (Å²) in [5.74, 6) is 0.964. The van der Waals surface area contributed by atoms with E-state index in [1.54, 1.807) is 0 Å². The number of carbonyl (C=O) groups excluding carboxylic acids is 2. The van der Waals surface area contributed by atoms with Crippen LogP contribution in [0.2, 0.25) is 0 Å². The first-order valence-corrected chi connectivity index (χ1v) is 16.0. The molecular weight excluding hydrogens is 586 g/mol. The Balaban J connectivity index is 1.09. The minimum atomic E-state index is -0.223. The monoisotopic (exact) mass is 633 g/mol. The third-order valence-electron chi connectivity index (χ3n) is 8.67. The zero-order valence-corrected chi connectivity index (χ0v) is 27.3. The quantitative estimate of drug-likeness (QED) is 0.173. The van der Waals surface area contributed by atoms with Gasteiger partial charge in [0, 0.05) is 74.4 Å². The van der Waals surface area contributed by atoms with E-state index >= 15 is 0 Å². The third-order valence-corrected chi connectivity index (χ3v) is 8.67. The lowest BCUT2D eigenvalue weighted by Crippen LogP contribution is -2.34. The van der Waals surface area contributed by atoms with Gasteiger partial charge in [0.25, 0.3) is 0 Å². The first-order chi connectivity index (χ1) is 22.3. The summed E-state index contributed by atoms with van der Waals surface area (Å²) in [5.41, 5.74) is 5.89. The minimum Gasteiger partial charge on any atom is -0.493 e. The Morgan fingerprint density at radius 2 is 1.85 bits per heavy atom. The molecule has 2 aromatic carbocycles. The molecule has 11 heteroatoms. The number of aryl methyl sites for hydroxylation is 1. The molecule has 0 spiro atoms. The predicted molar refractivity (Wildman–Crippen MR) is 178 cm³/mol. The van der Waals surface area contributed by atoms with Gasteiger partial charge in [0.05, 0.1) is 45.2 Å². The van der Waals surface area contributed by atoms with E-state index in [0.29, 0.717) is 51.5 Å². The number of nitrogens with zero attached hydrogens (tertiary/aromatic N) is 3. The summed E-state index contributed by atoms with van der Waals surface area (Å²) in [6, 6.07) is 13.0. The van der Waals surface area contributed by atoms with Crippen LogP contribution in [0.5, 0.6) is 5.75 Å². The molecule has 0 bridgehead atoms. The summed E-state index contributed by atoms with van der Waals surface area (Å²) < 4.78 is 24.3. The molecule has 2 aliphatic rings. The number of fused-ring (bicyclic) bond motifs is 2. The number of likely N-dealkylation sites (tertiary alicyclic amines) is 1. The van der Waals surface area contributed by atoms with E-state index in [4.69, 9.17) is 18.9 Å². The van der Waals surface area contributed by atoms with Crippen LogP contribution in [0.3, 0.4) is 0 Å². The Bertz CT molecular complexity index is 1500. The van der Waals surface area contributed by atoms with Gasteiger partial charge < -0.3 is 39.0 Å². The summed E-state index contributed by atoms with van der Waals surface area (Å²) in [7, 11) is 6.41. The highest BCUT2D eigenvalue weighted by molar-refractivity contribution is 5.95. The van der Waals surface area contributed by atoms with Crippen molar-refractivity contribution in [3.63, 3.8) is 0 Å². The highest BCUT2D eigenvalue weighted by Gasteiger charge is 2.37. The number of ether oxygens (including phenoxy) is 4. The summed E-state index contributed by atoms with van der Waals surface area (Å²) in [4.78, 5) is 28.5. The molecule has 1 aromatic heterocycles. The second-order valence-electron chi connectivity index (χ2n) is 12.1. The van der Waals surface area contributed by atoms with Crippen molar-refractivity contribution in [3.8, 4) is 5.75 Å². The zero-order valence-electron chi connectivity index (χ0n) is 27.3. The predicted octanol–water partition coefficient (Wildman–Crippen LogP) is 2.93. The molecule has 1 saturated heterocycles.